The number of aromatic nitrogens is 1. The minimum atomic E-state index is -4.33. The maximum atomic E-state index is 12.1. The summed E-state index contributed by atoms with van der Waals surface area (Å²) in [5.74, 6) is 0. The van der Waals surface area contributed by atoms with Crippen molar-refractivity contribution in [3.8, 4) is 10.6 Å². The molecule has 4 rings (SSSR count). The molecule has 0 bridgehead atoms. The van der Waals surface area contributed by atoms with E-state index in [2.05, 4.69) is 46.9 Å². The van der Waals surface area contributed by atoms with Crippen molar-refractivity contribution >= 4 is 50.6 Å². The number of thiophene rings is 2. The Bertz CT molecular complexity index is 1150. The van der Waals surface area contributed by atoms with Gasteiger partial charge in [-0.15, -0.1) is 22.7 Å². The number of nitrogens with zero attached hydrogens (tertiary/aromatic N) is 2. The van der Waals surface area contributed by atoms with Crippen molar-refractivity contribution in [2.75, 3.05) is 12.4 Å². The smallest absolute Gasteiger partial charge is 0.390 e. The van der Waals surface area contributed by atoms with Crippen LogP contribution in [0.25, 0.3) is 20.8 Å². The number of nitrogens with two attached hydrogens (primary N) is 1. The van der Waals surface area contributed by atoms with E-state index < -0.39 is 11.7 Å². The molecule has 0 unspecified atom stereocenters. The van der Waals surface area contributed by atoms with Crippen LogP contribution in [0.5, 0.6) is 0 Å². The van der Waals surface area contributed by atoms with Crippen molar-refractivity contribution < 1.29 is 13.2 Å². The zero-order chi connectivity index (χ0) is 21.7. The Hall–Kier alpha value is -2.91. The molecule has 3 heterocycles. The number of hydrogen-bond donors (Lipinski definition) is 2. The first-order valence-electron chi connectivity index (χ1n) is 8.86. The standard InChI is InChI=1S/C13H12N2S2.C8H7F3N2/c1-8-12(14-2)9-5-6-10(15-13(9)17-8)11-4-3-7-16-11;9-8(10,11)6-2-1-3-7(4-6)13-5-12/h3-7,14H,1-2H3;1-5H,(H2,12,13). The lowest BCUT2D eigenvalue weighted by atomic mass is 10.2. The first-order valence-corrected chi connectivity index (χ1v) is 10.6. The molecule has 0 fully saturated rings. The van der Waals surface area contributed by atoms with E-state index in [1.54, 1.807) is 22.7 Å². The van der Waals surface area contributed by atoms with E-state index in [0.717, 1.165) is 29.0 Å². The summed E-state index contributed by atoms with van der Waals surface area (Å²) in [6, 6.07) is 13.1. The van der Waals surface area contributed by atoms with E-state index in [-0.39, 0.29) is 5.69 Å². The lowest BCUT2D eigenvalue weighted by molar-refractivity contribution is -0.137. The summed E-state index contributed by atoms with van der Waals surface area (Å²) in [5.41, 5.74) is 6.68. The van der Waals surface area contributed by atoms with E-state index in [1.807, 2.05) is 7.05 Å². The first kappa shape index (κ1) is 21.8. The predicted octanol–water partition coefficient (Wildman–Crippen LogP) is 6.70. The summed E-state index contributed by atoms with van der Waals surface area (Å²) in [5, 5.41) is 6.55. The van der Waals surface area contributed by atoms with Gasteiger partial charge in [0.1, 0.15) is 4.83 Å². The number of alkyl halides is 3. The molecule has 0 radical (unpaired) electrons. The van der Waals surface area contributed by atoms with Crippen LogP contribution in [0.1, 0.15) is 10.4 Å². The van der Waals surface area contributed by atoms with Crippen molar-refractivity contribution in [1.29, 1.82) is 0 Å². The third kappa shape index (κ3) is 4.98. The fraction of sp³-hybridized carbons (Fsp3) is 0.143. The molecular formula is C21H19F3N4S2. The van der Waals surface area contributed by atoms with Gasteiger partial charge in [0.2, 0.25) is 0 Å². The number of fused-ring (bicyclic) bond motifs is 1. The van der Waals surface area contributed by atoms with Gasteiger partial charge in [0.05, 0.1) is 33.8 Å². The van der Waals surface area contributed by atoms with E-state index in [1.165, 1.54) is 33.0 Å². The third-order valence-electron chi connectivity index (χ3n) is 4.15. The van der Waals surface area contributed by atoms with E-state index >= 15 is 0 Å². The van der Waals surface area contributed by atoms with Crippen LogP contribution in [-0.2, 0) is 6.18 Å². The largest absolute Gasteiger partial charge is 0.416 e. The second-order valence-corrected chi connectivity index (χ2v) is 8.29. The van der Waals surface area contributed by atoms with Crippen molar-refractivity contribution in [1.82, 2.24) is 4.98 Å². The van der Waals surface area contributed by atoms with E-state index in [4.69, 9.17) is 10.7 Å². The number of aliphatic imine (C=N–C) groups is 1. The lowest BCUT2D eigenvalue weighted by Crippen LogP contribution is -2.03. The molecule has 0 spiro atoms. The zero-order valence-corrected chi connectivity index (χ0v) is 17.8. The number of benzene rings is 1. The van der Waals surface area contributed by atoms with Gasteiger partial charge in [-0.05, 0) is 48.7 Å². The van der Waals surface area contributed by atoms with Gasteiger partial charge in [-0.25, -0.2) is 9.98 Å². The van der Waals surface area contributed by atoms with Gasteiger partial charge >= 0.3 is 6.18 Å². The Morgan fingerprint density at radius 3 is 2.57 bits per heavy atom. The van der Waals surface area contributed by atoms with Gasteiger partial charge in [0, 0.05) is 17.3 Å². The number of aryl methyl sites for hydroxylation is 1. The van der Waals surface area contributed by atoms with E-state index in [0.29, 0.717) is 0 Å². The molecule has 4 nitrogen and oxygen atoms in total. The second kappa shape index (κ2) is 9.27. The molecule has 9 heteroatoms. The monoisotopic (exact) mass is 448 g/mol. The molecule has 0 atom stereocenters. The highest BCUT2D eigenvalue weighted by Crippen LogP contribution is 2.36. The minimum Gasteiger partial charge on any atom is -0.390 e. The van der Waals surface area contributed by atoms with Crippen LogP contribution in [0.15, 0.2) is 58.9 Å². The van der Waals surface area contributed by atoms with Gasteiger partial charge in [0.15, 0.2) is 0 Å². The van der Waals surface area contributed by atoms with Crippen molar-refractivity contribution in [2.45, 2.75) is 13.1 Å². The highest BCUT2D eigenvalue weighted by atomic mass is 32.1. The summed E-state index contributed by atoms with van der Waals surface area (Å²) in [6.45, 7) is 2.13. The van der Waals surface area contributed by atoms with Gasteiger partial charge in [-0.2, -0.15) is 13.2 Å². The summed E-state index contributed by atoms with van der Waals surface area (Å²) in [4.78, 5) is 11.9. The van der Waals surface area contributed by atoms with Crippen molar-refractivity contribution in [2.24, 2.45) is 10.7 Å². The normalized spacial score (nSPS) is 11.5. The molecule has 4 aromatic rings. The molecule has 30 heavy (non-hydrogen) atoms. The predicted molar refractivity (Wildman–Crippen MR) is 121 cm³/mol. The van der Waals surface area contributed by atoms with Crippen LogP contribution in [0, 0.1) is 6.92 Å². The van der Waals surface area contributed by atoms with Gasteiger partial charge in [-0.1, -0.05) is 12.1 Å². The molecule has 0 saturated carbocycles. The number of pyridine rings is 1. The molecule has 0 aliphatic carbocycles. The van der Waals surface area contributed by atoms with Gasteiger partial charge in [0.25, 0.3) is 0 Å². The van der Waals surface area contributed by atoms with Gasteiger partial charge in [-0.3, -0.25) is 0 Å². The van der Waals surface area contributed by atoms with Crippen LogP contribution < -0.4 is 11.1 Å². The maximum absolute atomic E-state index is 12.1. The molecule has 156 valence electrons. The number of hydrogen-bond acceptors (Lipinski definition) is 5. The van der Waals surface area contributed by atoms with Gasteiger partial charge < -0.3 is 11.1 Å². The quantitative estimate of drug-likeness (QED) is 0.271. The topological polar surface area (TPSA) is 63.3 Å². The Morgan fingerprint density at radius 1 is 1.13 bits per heavy atom. The first-order chi connectivity index (χ1) is 14.3. The van der Waals surface area contributed by atoms with E-state index in [9.17, 15) is 13.2 Å². The summed E-state index contributed by atoms with van der Waals surface area (Å²) < 4.78 is 36.4. The Kier molecular flexibility index (Phi) is 6.73. The highest BCUT2D eigenvalue weighted by Gasteiger charge is 2.30. The zero-order valence-electron chi connectivity index (χ0n) is 16.2. The average Bonchev–Trinajstić information content (AvgIpc) is 3.35. The van der Waals surface area contributed by atoms with Crippen molar-refractivity contribution in [3.63, 3.8) is 0 Å². The Morgan fingerprint density at radius 2 is 1.93 bits per heavy atom. The van der Waals surface area contributed by atoms with Crippen LogP contribution in [0.2, 0.25) is 0 Å². The fourth-order valence-corrected chi connectivity index (χ4v) is 4.54. The van der Waals surface area contributed by atoms with Crippen molar-refractivity contribution in [3.05, 3.63) is 64.4 Å². The Balaban J connectivity index is 0.000000178. The lowest BCUT2D eigenvalue weighted by Gasteiger charge is -2.05. The van der Waals surface area contributed by atoms with Crippen LogP contribution >= 0.6 is 22.7 Å². The number of rotatable bonds is 3. The summed E-state index contributed by atoms with van der Waals surface area (Å²) >= 11 is 3.47. The maximum Gasteiger partial charge on any atom is 0.416 e. The highest BCUT2D eigenvalue weighted by molar-refractivity contribution is 7.19. The molecule has 0 aliphatic heterocycles. The molecule has 3 aromatic heterocycles. The molecule has 3 N–H and O–H groups in total. The third-order valence-corrected chi connectivity index (χ3v) is 6.06. The Labute approximate surface area is 179 Å². The van der Waals surface area contributed by atoms with Crippen LogP contribution in [-0.4, -0.2) is 18.4 Å². The molecule has 0 saturated heterocycles. The average molecular weight is 449 g/mol. The molecule has 0 aliphatic rings. The number of anilines is 1. The SMILES string of the molecule is CNc1c(C)sc2nc(-c3cccs3)ccc12.NC=Nc1cccc(C(F)(F)F)c1. The van der Waals surface area contributed by atoms with Crippen LogP contribution in [0.4, 0.5) is 24.5 Å². The molecular weight excluding hydrogens is 429 g/mol. The van der Waals surface area contributed by atoms with Crippen LogP contribution in [0.3, 0.4) is 0 Å². The minimum absolute atomic E-state index is 0.192. The summed E-state index contributed by atoms with van der Waals surface area (Å²) in [7, 11) is 1.96. The molecule has 0 amide bonds. The number of halogens is 3. The molecule has 1 aromatic carbocycles. The summed E-state index contributed by atoms with van der Waals surface area (Å²) in [6.07, 6.45) is -3.38. The second-order valence-electron chi connectivity index (χ2n) is 6.14. The fourth-order valence-electron chi connectivity index (χ4n) is 2.82. The number of nitrogens with one attached hydrogen (secondary N) is 1.